The number of ketones is 1. The van der Waals surface area contributed by atoms with Crippen LogP contribution < -0.4 is 0 Å². The summed E-state index contributed by atoms with van der Waals surface area (Å²) in [7, 11) is 0. The Kier molecular flexibility index (Phi) is 9.32. The minimum absolute atomic E-state index is 0.0913. The fourth-order valence-corrected chi connectivity index (χ4v) is 2.56. The molecule has 1 aromatic carbocycles. The molecule has 0 spiro atoms. The van der Waals surface area contributed by atoms with E-state index in [-0.39, 0.29) is 5.78 Å². The molecule has 0 aliphatic carbocycles. The number of rotatable bonds is 7. The first-order valence-electron chi connectivity index (χ1n) is 9.38. The van der Waals surface area contributed by atoms with Crippen molar-refractivity contribution >= 4 is 11.9 Å². The van der Waals surface area contributed by atoms with Crippen molar-refractivity contribution in [2.75, 3.05) is 0 Å². The Hall–Kier alpha value is -3.26. The smallest absolute Gasteiger partial charge is 0.195 e. The van der Waals surface area contributed by atoms with Crippen molar-refractivity contribution in [1.82, 2.24) is 4.98 Å². The Morgan fingerprint density at radius 3 is 2.07 bits per heavy atom. The van der Waals surface area contributed by atoms with Crippen molar-refractivity contribution in [3.63, 3.8) is 0 Å². The molecule has 28 heavy (non-hydrogen) atoms. The standard InChI is InChI=1S/C24H23NO.C2H6/c1-6-18(7-2)14-21(17(4)5)24(26)22-15-20(16-25-23(22)8-3)19-12-10-9-11-13-19;1-2/h6-16H,1-3H2,4-5H3;1-2H3. The average Bonchev–Trinajstić information content (AvgIpc) is 2.75. The van der Waals surface area contributed by atoms with Gasteiger partial charge >= 0.3 is 0 Å². The zero-order valence-electron chi connectivity index (χ0n) is 17.3. The molecular formula is C26H29NO. The van der Waals surface area contributed by atoms with Crippen LogP contribution in [0.1, 0.15) is 43.7 Å². The molecule has 2 aromatic rings. The van der Waals surface area contributed by atoms with Gasteiger partial charge in [0.2, 0.25) is 0 Å². The monoisotopic (exact) mass is 371 g/mol. The van der Waals surface area contributed by atoms with Crippen LogP contribution in [0.5, 0.6) is 0 Å². The minimum Gasteiger partial charge on any atom is -0.289 e. The van der Waals surface area contributed by atoms with Gasteiger partial charge in [0.1, 0.15) is 0 Å². The molecule has 0 bridgehead atoms. The third kappa shape index (κ3) is 5.62. The van der Waals surface area contributed by atoms with E-state index in [2.05, 4.69) is 24.7 Å². The van der Waals surface area contributed by atoms with Crippen LogP contribution in [0.3, 0.4) is 0 Å². The van der Waals surface area contributed by atoms with Gasteiger partial charge in [-0.1, -0.05) is 81.6 Å². The van der Waals surface area contributed by atoms with Crippen LogP contribution in [0.15, 0.2) is 97.3 Å². The third-order valence-electron chi connectivity index (χ3n) is 4.03. The SMILES string of the molecule is C=CC(C=C)=CC(C(=O)c1cc(-c2ccccc2)cnc1C=C)=C(C)C.CC. The number of hydrogen-bond acceptors (Lipinski definition) is 2. The quantitative estimate of drug-likeness (QED) is 0.292. The highest BCUT2D eigenvalue weighted by Gasteiger charge is 2.17. The molecule has 0 amide bonds. The maximum absolute atomic E-state index is 13.3. The van der Waals surface area contributed by atoms with Crippen LogP contribution >= 0.6 is 0 Å². The average molecular weight is 372 g/mol. The van der Waals surface area contributed by atoms with Gasteiger partial charge in [-0.15, -0.1) is 0 Å². The maximum Gasteiger partial charge on any atom is 0.195 e. The Balaban J connectivity index is 0.00000190. The largest absolute Gasteiger partial charge is 0.289 e. The van der Waals surface area contributed by atoms with E-state index in [0.717, 1.165) is 22.3 Å². The lowest BCUT2D eigenvalue weighted by molar-refractivity contribution is 0.103. The van der Waals surface area contributed by atoms with Crippen molar-refractivity contribution in [3.8, 4) is 11.1 Å². The fourth-order valence-electron chi connectivity index (χ4n) is 2.56. The van der Waals surface area contributed by atoms with Gasteiger partial charge < -0.3 is 0 Å². The van der Waals surface area contributed by atoms with Gasteiger partial charge in [0, 0.05) is 22.9 Å². The molecule has 0 atom stereocenters. The van der Waals surface area contributed by atoms with Crippen molar-refractivity contribution in [2.45, 2.75) is 27.7 Å². The second kappa shape index (κ2) is 11.5. The lowest BCUT2D eigenvalue weighted by Gasteiger charge is -2.11. The molecule has 0 unspecified atom stereocenters. The second-order valence-electron chi connectivity index (χ2n) is 6.02. The first kappa shape index (κ1) is 22.8. The van der Waals surface area contributed by atoms with Gasteiger partial charge in [-0.2, -0.15) is 0 Å². The maximum atomic E-state index is 13.3. The zero-order valence-corrected chi connectivity index (χ0v) is 17.3. The van der Waals surface area contributed by atoms with Crippen molar-refractivity contribution < 1.29 is 4.79 Å². The highest BCUT2D eigenvalue weighted by Crippen LogP contribution is 2.25. The number of benzene rings is 1. The molecule has 2 rings (SSSR count). The molecule has 0 N–H and O–H groups in total. The third-order valence-corrected chi connectivity index (χ3v) is 4.03. The Bertz CT molecular complexity index is 901. The van der Waals surface area contributed by atoms with Gasteiger partial charge in [0.05, 0.1) is 5.69 Å². The van der Waals surface area contributed by atoms with E-state index < -0.39 is 0 Å². The molecule has 1 aromatic heterocycles. The lowest BCUT2D eigenvalue weighted by Crippen LogP contribution is -2.08. The summed E-state index contributed by atoms with van der Waals surface area (Å²) in [5.74, 6) is -0.0913. The van der Waals surface area contributed by atoms with E-state index in [0.29, 0.717) is 16.8 Å². The van der Waals surface area contributed by atoms with Crippen LogP contribution in [0.2, 0.25) is 0 Å². The van der Waals surface area contributed by atoms with Crippen molar-refractivity contribution in [3.05, 3.63) is 109 Å². The first-order chi connectivity index (χ1) is 13.5. The number of carbonyl (C=O) groups is 1. The van der Waals surface area contributed by atoms with Crippen molar-refractivity contribution in [1.29, 1.82) is 0 Å². The van der Waals surface area contributed by atoms with Gasteiger partial charge in [0.15, 0.2) is 5.78 Å². The summed E-state index contributed by atoms with van der Waals surface area (Å²) in [5, 5.41) is 0. The van der Waals surface area contributed by atoms with Crippen LogP contribution in [0.4, 0.5) is 0 Å². The van der Waals surface area contributed by atoms with E-state index >= 15 is 0 Å². The van der Waals surface area contributed by atoms with Gasteiger partial charge in [0.25, 0.3) is 0 Å². The summed E-state index contributed by atoms with van der Waals surface area (Å²) < 4.78 is 0. The molecular weight excluding hydrogens is 342 g/mol. The predicted molar refractivity (Wildman–Crippen MR) is 122 cm³/mol. The van der Waals surface area contributed by atoms with E-state index in [9.17, 15) is 4.79 Å². The number of aromatic nitrogens is 1. The van der Waals surface area contributed by atoms with Crippen molar-refractivity contribution in [2.24, 2.45) is 0 Å². The second-order valence-corrected chi connectivity index (χ2v) is 6.02. The predicted octanol–water partition coefficient (Wildman–Crippen LogP) is 7.24. The highest BCUT2D eigenvalue weighted by atomic mass is 16.1. The first-order valence-corrected chi connectivity index (χ1v) is 9.38. The summed E-state index contributed by atoms with van der Waals surface area (Å²) in [6.07, 6.45) is 8.53. The van der Waals surface area contributed by atoms with E-state index in [1.807, 2.05) is 64.1 Å². The fraction of sp³-hybridized carbons (Fsp3) is 0.154. The van der Waals surface area contributed by atoms with Crippen LogP contribution in [0, 0.1) is 0 Å². The number of Topliss-reactive ketones (excluding diaryl/α,β-unsaturated/α-hetero) is 1. The van der Waals surface area contributed by atoms with Gasteiger partial charge in [-0.3, -0.25) is 9.78 Å². The Morgan fingerprint density at radius 2 is 1.57 bits per heavy atom. The van der Waals surface area contributed by atoms with E-state index in [1.54, 1.807) is 30.5 Å². The molecule has 2 nitrogen and oxygen atoms in total. The van der Waals surface area contributed by atoms with Crippen LogP contribution in [-0.2, 0) is 0 Å². The highest BCUT2D eigenvalue weighted by molar-refractivity contribution is 6.13. The number of hydrogen-bond donors (Lipinski definition) is 0. The van der Waals surface area contributed by atoms with Gasteiger partial charge in [-0.25, -0.2) is 0 Å². The van der Waals surface area contributed by atoms with Gasteiger partial charge in [-0.05, 0) is 43.2 Å². The van der Waals surface area contributed by atoms with E-state index in [1.165, 1.54) is 0 Å². The number of allylic oxidation sites excluding steroid dienone is 6. The number of nitrogens with zero attached hydrogens (tertiary/aromatic N) is 1. The summed E-state index contributed by atoms with van der Waals surface area (Å²) in [6, 6.07) is 11.7. The summed E-state index contributed by atoms with van der Waals surface area (Å²) in [6.45, 7) is 19.1. The summed E-state index contributed by atoms with van der Waals surface area (Å²) in [4.78, 5) is 17.7. The molecule has 1 heterocycles. The van der Waals surface area contributed by atoms with Crippen LogP contribution in [0.25, 0.3) is 17.2 Å². The molecule has 0 saturated heterocycles. The van der Waals surface area contributed by atoms with Crippen LogP contribution in [-0.4, -0.2) is 10.8 Å². The Labute approximate surface area is 169 Å². The molecule has 0 aliphatic heterocycles. The molecule has 0 radical (unpaired) electrons. The molecule has 0 fully saturated rings. The molecule has 0 aliphatic rings. The number of carbonyl (C=O) groups excluding carboxylic acids is 1. The molecule has 2 heteroatoms. The van der Waals surface area contributed by atoms with E-state index in [4.69, 9.17) is 0 Å². The minimum atomic E-state index is -0.0913. The zero-order chi connectivity index (χ0) is 21.1. The molecule has 144 valence electrons. The summed E-state index contributed by atoms with van der Waals surface area (Å²) >= 11 is 0. The normalized spacial score (nSPS) is 9.29. The summed E-state index contributed by atoms with van der Waals surface area (Å²) in [5.41, 5.74) is 5.32. The topological polar surface area (TPSA) is 30.0 Å². The lowest BCUT2D eigenvalue weighted by atomic mass is 9.94. The number of pyridine rings is 1. The molecule has 0 saturated carbocycles. The Morgan fingerprint density at radius 1 is 0.964 bits per heavy atom.